The van der Waals surface area contributed by atoms with E-state index in [1.165, 1.54) is 25.7 Å². The molecule has 1 aliphatic carbocycles. The van der Waals surface area contributed by atoms with Crippen molar-refractivity contribution < 1.29 is 4.74 Å². The number of rotatable bonds is 10. The Bertz CT molecular complexity index is 528. The van der Waals surface area contributed by atoms with Crippen LogP contribution in [0, 0.1) is 5.41 Å². The fraction of sp³-hybridized carbons (Fsp3) is 0.833. The summed E-state index contributed by atoms with van der Waals surface area (Å²) >= 11 is 0. The zero-order valence-corrected chi connectivity index (χ0v) is 18.8. The molecule has 2 N–H and O–H groups in total. The van der Waals surface area contributed by atoms with Gasteiger partial charge in [0.05, 0.1) is 0 Å². The van der Waals surface area contributed by atoms with Crippen LogP contribution in [0.3, 0.4) is 0 Å². The molecule has 1 saturated carbocycles. The number of aliphatic imine (C=N–C) groups is 1. The van der Waals surface area contributed by atoms with E-state index in [1.54, 1.807) is 13.4 Å². The molecular formula is C18H35IN6O. The molecule has 1 fully saturated rings. The number of halogens is 1. The first-order chi connectivity index (χ1) is 12.2. The summed E-state index contributed by atoms with van der Waals surface area (Å²) in [7, 11) is 1.78. The molecular weight excluding hydrogens is 443 g/mol. The second kappa shape index (κ2) is 12.5. The van der Waals surface area contributed by atoms with Crippen LogP contribution < -0.4 is 10.6 Å². The average Bonchev–Trinajstić information content (AvgIpc) is 3.27. The van der Waals surface area contributed by atoms with Crippen LogP contribution in [0.2, 0.25) is 0 Å². The smallest absolute Gasteiger partial charge is 0.191 e. The number of methoxy groups -OCH3 is 1. The van der Waals surface area contributed by atoms with Crippen molar-refractivity contribution in [2.24, 2.45) is 10.4 Å². The number of nitrogens with one attached hydrogen (secondary N) is 2. The van der Waals surface area contributed by atoms with Crippen LogP contribution in [0.1, 0.15) is 51.8 Å². The highest BCUT2D eigenvalue weighted by Crippen LogP contribution is 2.41. The largest absolute Gasteiger partial charge is 0.385 e. The normalized spacial score (nSPS) is 16.3. The van der Waals surface area contributed by atoms with E-state index in [-0.39, 0.29) is 24.0 Å². The summed E-state index contributed by atoms with van der Waals surface area (Å²) < 4.78 is 7.41. The molecule has 1 aliphatic rings. The van der Waals surface area contributed by atoms with Gasteiger partial charge in [-0.15, -0.1) is 34.2 Å². The molecule has 8 heteroatoms. The summed E-state index contributed by atoms with van der Waals surface area (Å²) in [5.41, 5.74) is 0.321. The maximum atomic E-state index is 5.32. The fourth-order valence-corrected chi connectivity index (χ4v) is 3.55. The number of nitrogens with zero attached hydrogens (tertiary/aromatic N) is 4. The lowest BCUT2D eigenvalue weighted by Crippen LogP contribution is -2.40. The average molecular weight is 478 g/mol. The number of guanidine groups is 1. The van der Waals surface area contributed by atoms with Crippen molar-refractivity contribution in [2.45, 2.75) is 58.9 Å². The van der Waals surface area contributed by atoms with E-state index in [2.05, 4.69) is 39.2 Å². The molecule has 0 atom stereocenters. The third kappa shape index (κ3) is 7.02. The standard InChI is InChI=1S/C18H34N6O.HI/c1-4-16-23-22-15-24(16)12-11-20-17(19-5-2)21-14-18(10-13-25-3)8-6-7-9-18;/h15H,4-14H2,1-3H3,(H2,19,20,21);1H. The Kier molecular flexibility index (Phi) is 11.1. The lowest BCUT2D eigenvalue weighted by atomic mass is 9.83. The highest BCUT2D eigenvalue weighted by molar-refractivity contribution is 14.0. The van der Waals surface area contributed by atoms with Gasteiger partial charge in [-0.2, -0.15) is 0 Å². The molecule has 150 valence electrons. The van der Waals surface area contributed by atoms with Gasteiger partial charge in [-0.3, -0.25) is 4.99 Å². The minimum absolute atomic E-state index is 0. The quantitative estimate of drug-likeness (QED) is 0.307. The van der Waals surface area contributed by atoms with Gasteiger partial charge in [0.2, 0.25) is 0 Å². The zero-order chi connectivity index (χ0) is 18.0. The number of hydrogen-bond acceptors (Lipinski definition) is 4. The Hall–Kier alpha value is -0.900. The van der Waals surface area contributed by atoms with Crippen molar-refractivity contribution in [3.8, 4) is 0 Å². The highest BCUT2D eigenvalue weighted by Gasteiger charge is 2.33. The van der Waals surface area contributed by atoms with Crippen LogP contribution in [-0.4, -0.2) is 54.1 Å². The Labute approximate surface area is 174 Å². The van der Waals surface area contributed by atoms with E-state index < -0.39 is 0 Å². The SMILES string of the molecule is CCNC(=NCC1(CCOC)CCCC1)NCCn1cnnc1CC.I. The molecule has 26 heavy (non-hydrogen) atoms. The summed E-state index contributed by atoms with van der Waals surface area (Å²) in [5, 5.41) is 14.9. The lowest BCUT2D eigenvalue weighted by Gasteiger charge is -2.27. The van der Waals surface area contributed by atoms with Gasteiger partial charge in [-0.25, -0.2) is 0 Å². The number of aryl methyl sites for hydroxylation is 1. The zero-order valence-electron chi connectivity index (χ0n) is 16.5. The van der Waals surface area contributed by atoms with Gasteiger partial charge in [0.25, 0.3) is 0 Å². The highest BCUT2D eigenvalue weighted by atomic mass is 127. The minimum atomic E-state index is 0. The topological polar surface area (TPSA) is 76.4 Å². The first-order valence-electron chi connectivity index (χ1n) is 9.61. The van der Waals surface area contributed by atoms with E-state index >= 15 is 0 Å². The molecule has 1 aromatic rings. The van der Waals surface area contributed by atoms with E-state index in [9.17, 15) is 0 Å². The summed E-state index contributed by atoms with van der Waals surface area (Å²) in [6.45, 7) is 8.41. The Morgan fingerprint density at radius 2 is 2.08 bits per heavy atom. The first-order valence-corrected chi connectivity index (χ1v) is 9.61. The van der Waals surface area contributed by atoms with E-state index in [0.717, 1.165) is 57.4 Å². The van der Waals surface area contributed by atoms with Crippen LogP contribution in [0.4, 0.5) is 0 Å². The van der Waals surface area contributed by atoms with Crippen molar-refractivity contribution in [1.82, 2.24) is 25.4 Å². The molecule has 2 rings (SSSR count). The van der Waals surface area contributed by atoms with Crippen LogP contribution in [-0.2, 0) is 17.7 Å². The van der Waals surface area contributed by atoms with Gasteiger partial charge >= 0.3 is 0 Å². The van der Waals surface area contributed by atoms with Gasteiger partial charge in [-0.05, 0) is 31.6 Å². The Morgan fingerprint density at radius 3 is 2.73 bits per heavy atom. The van der Waals surface area contributed by atoms with Gasteiger partial charge in [0, 0.05) is 46.3 Å². The summed E-state index contributed by atoms with van der Waals surface area (Å²) in [6.07, 6.45) is 8.96. The number of ether oxygens (including phenoxy) is 1. The van der Waals surface area contributed by atoms with Crippen LogP contribution in [0.15, 0.2) is 11.3 Å². The monoisotopic (exact) mass is 478 g/mol. The van der Waals surface area contributed by atoms with Gasteiger partial charge in [0.15, 0.2) is 5.96 Å². The molecule has 0 aliphatic heterocycles. The van der Waals surface area contributed by atoms with Crippen molar-refractivity contribution in [1.29, 1.82) is 0 Å². The second-order valence-electron chi connectivity index (χ2n) is 6.87. The first kappa shape index (κ1) is 23.1. The molecule has 0 radical (unpaired) electrons. The summed E-state index contributed by atoms with van der Waals surface area (Å²) in [5.74, 6) is 1.92. The summed E-state index contributed by atoms with van der Waals surface area (Å²) in [6, 6.07) is 0. The van der Waals surface area contributed by atoms with Crippen molar-refractivity contribution >= 4 is 29.9 Å². The number of aromatic nitrogens is 3. The molecule has 0 bridgehead atoms. The van der Waals surface area contributed by atoms with Gasteiger partial charge in [0.1, 0.15) is 12.2 Å². The second-order valence-corrected chi connectivity index (χ2v) is 6.87. The molecule has 0 unspecified atom stereocenters. The predicted molar refractivity (Wildman–Crippen MR) is 116 cm³/mol. The third-order valence-corrected chi connectivity index (χ3v) is 5.07. The Balaban J connectivity index is 0.00000338. The van der Waals surface area contributed by atoms with E-state index in [4.69, 9.17) is 9.73 Å². The van der Waals surface area contributed by atoms with Crippen LogP contribution >= 0.6 is 24.0 Å². The van der Waals surface area contributed by atoms with Crippen LogP contribution in [0.5, 0.6) is 0 Å². The molecule has 1 aromatic heterocycles. The maximum absolute atomic E-state index is 5.32. The molecule has 7 nitrogen and oxygen atoms in total. The Morgan fingerprint density at radius 1 is 1.31 bits per heavy atom. The van der Waals surface area contributed by atoms with Crippen molar-refractivity contribution in [3.63, 3.8) is 0 Å². The lowest BCUT2D eigenvalue weighted by molar-refractivity contribution is 0.141. The van der Waals surface area contributed by atoms with Gasteiger partial charge < -0.3 is 19.9 Å². The summed E-state index contributed by atoms with van der Waals surface area (Å²) in [4.78, 5) is 4.88. The van der Waals surface area contributed by atoms with Gasteiger partial charge in [-0.1, -0.05) is 19.8 Å². The van der Waals surface area contributed by atoms with E-state index in [1.807, 2.05) is 0 Å². The molecule has 0 spiro atoms. The maximum Gasteiger partial charge on any atom is 0.191 e. The van der Waals surface area contributed by atoms with Crippen LogP contribution in [0.25, 0.3) is 0 Å². The van der Waals surface area contributed by atoms with E-state index in [0.29, 0.717) is 5.41 Å². The predicted octanol–water partition coefficient (Wildman–Crippen LogP) is 2.61. The third-order valence-electron chi connectivity index (χ3n) is 5.07. The fourth-order valence-electron chi connectivity index (χ4n) is 3.55. The molecule has 0 amide bonds. The molecule has 0 aromatic carbocycles. The molecule has 1 heterocycles. The molecule has 0 saturated heterocycles. The van der Waals surface area contributed by atoms with Crippen molar-refractivity contribution in [3.05, 3.63) is 12.2 Å². The van der Waals surface area contributed by atoms with Crippen molar-refractivity contribution in [2.75, 3.05) is 33.4 Å². The number of hydrogen-bond donors (Lipinski definition) is 2. The minimum Gasteiger partial charge on any atom is -0.385 e.